The van der Waals surface area contributed by atoms with Crippen LogP contribution in [0.25, 0.3) is 5.52 Å². The Hall–Kier alpha value is -1.00. The van der Waals surface area contributed by atoms with Gasteiger partial charge >= 0.3 is 0 Å². The standard InChI is InChI=1S/C7H5Cl2N3O/c1-13-5-3-2-4-6(8)10-7(9)11-12(4)5/h2-3H,1H3. The predicted molar refractivity (Wildman–Crippen MR) is 49.6 cm³/mol. The molecule has 2 heterocycles. The quantitative estimate of drug-likeness (QED) is 0.735. The normalized spacial score (nSPS) is 10.7. The summed E-state index contributed by atoms with van der Waals surface area (Å²) in [4.78, 5) is 3.79. The fourth-order valence-corrected chi connectivity index (χ4v) is 1.49. The van der Waals surface area contributed by atoms with Crippen LogP contribution in [0.4, 0.5) is 0 Å². The van der Waals surface area contributed by atoms with E-state index in [9.17, 15) is 0 Å². The van der Waals surface area contributed by atoms with Crippen LogP contribution >= 0.6 is 23.2 Å². The number of hydrogen-bond acceptors (Lipinski definition) is 3. The SMILES string of the molecule is COc1ccc2c(Cl)nc(Cl)nn12. The van der Waals surface area contributed by atoms with Gasteiger partial charge in [0.1, 0.15) is 5.52 Å². The molecule has 6 heteroatoms. The third-order valence-corrected chi connectivity index (χ3v) is 2.05. The summed E-state index contributed by atoms with van der Waals surface area (Å²) in [7, 11) is 1.55. The van der Waals surface area contributed by atoms with Crippen molar-refractivity contribution in [3.8, 4) is 5.88 Å². The Kier molecular flexibility index (Phi) is 2.01. The van der Waals surface area contributed by atoms with Gasteiger partial charge in [0.25, 0.3) is 0 Å². The van der Waals surface area contributed by atoms with E-state index in [0.717, 1.165) is 0 Å². The van der Waals surface area contributed by atoms with E-state index < -0.39 is 0 Å². The number of nitrogens with zero attached hydrogens (tertiary/aromatic N) is 3. The number of rotatable bonds is 1. The van der Waals surface area contributed by atoms with Gasteiger partial charge in [-0.3, -0.25) is 0 Å². The number of hydrogen-bond donors (Lipinski definition) is 0. The number of aromatic nitrogens is 3. The molecule has 0 spiro atoms. The van der Waals surface area contributed by atoms with Crippen LogP contribution < -0.4 is 4.74 Å². The Labute approximate surface area is 84.0 Å². The van der Waals surface area contributed by atoms with Crippen molar-refractivity contribution >= 4 is 28.7 Å². The van der Waals surface area contributed by atoms with Crippen molar-refractivity contribution in [3.63, 3.8) is 0 Å². The fourth-order valence-electron chi connectivity index (χ4n) is 1.07. The first kappa shape index (κ1) is 8.59. The largest absolute Gasteiger partial charge is 0.481 e. The fraction of sp³-hybridized carbons (Fsp3) is 0.143. The average Bonchev–Trinajstić information content (AvgIpc) is 2.47. The van der Waals surface area contributed by atoms with E-state index in [4.69, 9.17) is 27.9 Å². The summed E-state index contributed by atoms with van der Waals surface area (Å²) in [5.41, 5.74) is 0.669. The van der Waals surface area contributed by atoms with E-state index in [-0.39, 0.29) is 5.28 Å². The third-order valence-electron chi connectivity index (χ3n) is 1.61. The summed E-state index contributed by atoms with van der Waals surface area (Å²) >= 11 is 11.4. The van der Waals surface area contributed by atoms with Crippen molar-refractivity contribution in [1.82, 2.24) is 14.6 Å². The molecule has 2 aromatic heterocycles. The number of fused-ring (bicyclic) bond motifs is 1. The minimum Gasteiger partial charge on any atom is -0.481 e. The molecule has 13 heavy (non-hydrogen) atoms. The van der Waals surface area contributed by atoms with Crippen molar-refractivity contribution in [2.45, 2.75) is 0 Å². The van der Waals surface area contributed by atoms with Crippen molar-refractivity contribution in [2.24, 2.45) is 0 Å². The molecule has 0 aliphatic heterocycles. The van der Waals surface area contributed by atoms with Crippen LogP contribution in [0, 0.1) is 0 Å². The molecule has 0 atom stereocenters. The zero-order valence-electron chi connectivity index (χ0n) is 6.66. The van der Waals surface area contributed by atoms with Crippen molar-refractivity contribution < 1.29 is 4.74 Å². The minimum absolute atomic E-state index is 0.0898. The smallest absolute Gasteiger partial charge is 0.242 e. The molecule has 0 aliphatic carbocycles. The van der Waals surface area contributed by atoms with Gasteiger partial charge in [0, 0.05) is 6.07 Å². The van der Waals surface area contributed by atoms with E-state index >= 15 is 0 Å². The molecule has 0 bridgehead atoms. The molecule has 2 rings (SSSR count). The van der Waals surface area contributed by atoms with Gasteiger partial charge in [0.15, 0.2) is 5.15 Å². The molecule has 0 radical (unpaired) electrons. The lowest BCUT2D eigenvalue weighted by Crippen LogP contribution is -1.97. The molecular weight excluding hydrogens is 213 g/mol. The molecule has 0 saturated carbocycles. The molecular formula is C7H5Cl2N3O. The van der Waals surface area contributed by atoms with Gasteiger partial charge in [0.2, 0.25) is 11.2 Å². The summed E-state index contributed by atoms with van der Waals surface area (Å²) in [6.07, 6.45) is 0. The predicted octanol–water partition coefficient (Wildman–Crippen LogP) is 2.04. The van der Waals surface area contributed by atoms with E-state index in [0.29, 0.717) is 16.5 Å². The van der Waals surface area contributed by atoms with Crippen molar-refractivity contribution in [1.29, 1.82) is 0 Å². The van der Waals surface area contributed by atoms with Crippen LogP contribution in [-0.2, 0) is 0 Å². The lowest BCUT2D eigenvalue weighted by molar-refractivity contribution is 0.387. The molecule has 0 saturated heterocycles. The van der Waals surface area contributed by atoms with Crippen LogP contribution in [0.1, 0.15) is 0 Å². The maximum atomic E-state index is 5.82. The Bertz CT molecular complexity index is 454. The van der Waals surface area contributed by atoms with Gasteiger partial charge in [-0.05, 0) is 17.7 Å². The molecule has 0 aromatic carbocycles. The maximum Gasteiger partial charge on any atom is 0.242 e. The molecule has 4 nitrogen and oxygen atoms in total. The zero-order chi connectivity index (χ0) is 9.42. The molecule has 0 unspecified atom stereocenters. The molecule has 0 amide bonds. The topological polar surface area (TPSA) is 39.4 Å². The molecule has 68 valence electrons. The summed E-state index contributed by atoms with van der Waals surface area (Å²) < 4.78 is 6.53. The van der Waals surface area contributed by atoms with Gasteiger partial charge in [-0.15, -0.1) is 5.10 Å². The van der Waals surface area contributed by atoms with Gasteiger partial charge < -0.3 is 4.74 Å². The summed E-state index contributed by atoms with van der Waals surface area (Å²) in [5.74, 6) is 0.571. The van der Waals surface area contributed by atoms with Crippen LogP contribution in [-0.4, -0.2) is 21.7 Å². The number of methoxy groups -OCH3 is 1. The van der Waals surface area contributed by atoms with Gasteiger partial charge in [-0.1, -0.05) is 11.6 Å². The summed E-state index contributed by atoms with van der Waals surface area (Å²) in [6.45, 7) is 0. The first-order valence-corrected chi connectivity index (χ1v) is 4.22. The summed E-state index contributed by atoms with van der Waals surface area (Å²) in [5, 5.41) is 4.33. The van der Waals surface area contributed by atoms with E-state index in [1.54, 1.807) is 19.2 Å². The molecule has 0 fully saturated rings. The first-order chi connectivity index (χ1) is 6.22. The highest BCUT2D eigenvalue weighted by molar-refractivity contribution is 6.34. The highest BCUT2D eigenvalue weighted by Crippen LogP contribution is 2.22. The van der Waals surface area contributed by atoms with E-state index in [2.05, 4.69) is 10.1 Å². The third kappa shape index (κ3) is 1.32. The van der Waals surface area contributed by atoms with Crippen molar-refractivity contribution in [3.05, 3.63) is 22.6 Å². The van der Waals surface area contributed by atoms with Crippen molar-refractivity contribution in [2.75, 3.05) is 7.11 Å². The molecule has 0 N–H and O–H groups in total. The zero-order valence-corrected chi connectivity index (χ0v) is 8.17. The van der Waals surface area contributed by atoms with E-state index in [1.165, 1.54) is 4.52 Å². The monoisotopic (exact) mass is 217 g/mol. The van der Waals surface area contributed by atoms with Crippen LogP contribution in [0.3, 0.4) is 0 Å². The van der Waals surface area contributed by atoms with Crippen LogP contribution in [0.2, 0.25) is 10.4 Å². The Morgan fingerprint density at radius 2 is 2.15 bits per heavy atom. The molecule has 2 aromatic rings. The minimum atomic E-state index is 0.0898. The second kappa shape index (κ2) is 3.05. The number of halogens is 2. The highest BCUT2D eigenvalue weighted by atomic mass is 35.5. The maximum absolute atomic E-state index is 5.82. The Morgan fingerprint density at radius 3 is 2.85 bits per heavy atom. The lowest BCUT2D eigenvalue weighted by Gasteiger charge is -2.00. The Morgan fingerprint density at radius 1 is 1.38 bits per heavy atom. The van der Waals surface area contributed by atoms with Gasteiger partial charge in [0.05, 0.1) is 7.11 Å². The highest BCUT2D eigenvalue weighted by Gasteiger charge is 2.08. The first-order valence-electron chi connectivity index (χ1n) is 3.47. The van der Waals surface area contributed by atoms with Gasteiger partial charge in [-0.2, -0.15) is 4.52 Å². The van der Waals surface area contributed by atoms with Crippen LogP contribution in [0.15, 0.2) is 12.1 Å². The lowest BCUT2D eigenvalue weighted by atomic mass is 10.5. The molecule has 0 aliphatic rings. The number of ether oxygens (including phenoxy) is 1. The average molecular weight is 218 g/mol. The van der Waals surface area contributed by atoms with Crippen LogP contribution in [0.5, 0.6) is 5.88 Å². The Balaban J connectivity index is 2.82. The van der Waals surface area contributed by atoms with E-state index in [1.807, 2.05) is 0 Å². The summed E-state index contributed by atoms with van der Waals surface area (Å²) in [6, 6.07) is 3.50. The van der Waals surface area contributed by atoms with Gasteiger partial charge in [-0.25, -0.2) is 4.98 Å². The second-order valence-electron chi connectivity index (χ2n) is 2.34. The second-order valence-corrected chi connectivity index (χ2v) is 3.04.